The van der Waals surface area contributed by atoms with Gasteiger partial charge in [0.05, 0.1) is 19.4 Å². The number of imidazole rings is 1. The average Bonchev–Trinajstić information content (AvgIpc) is 3.25. The summed E-state index contributed by atoms with van der Waals surface area (Å²) in [6.45, 7) is 0.0911. The van der Waals surface area contributed by atoms with Crippen LogP contribution in [0.15, 0.2) is 35.4 Å². The minimum atomic E-state index is -0.834. The lowest BCUT2D eigenvalue weighted by Gasteiger charge is -2.09. The van der Waals surface area contributed by atoms with Crippen LogP contribution >= 0.6 is 11.6 Å². The molecule has 0 unspecified atom stereocenters. The van der Waals surface area contributed by atoms with E-state index < -0.39 is 6.10 Å². The first-order chi connectivity index (χ1) is 13.4. The van der Waals surface area contributed by atoms with E-state index in [0.29, 0.717) is 16.1 Å². The lowest BCUT2D eigenvalue weighted by molar-refractivity contribution is 0.144. The first kappa shape index (κ1) is 18.1. The highest BCUT2D eigenvalue weighted by Crippen LogP contribution is 2.17. The summed E-state index contributed by atoms with van der Waals surface area (Å²) in [5, 5.41) is 22.9. The molecule has 12 heteroatoms. The zero-order chi connectivity index (χ0) is 19.8. The molecule has 0 fully saturated rings. The van der Waals surface area contributed by atoms with Gasteiger partial charge in [-0.25, -0.2) is 4.98 Å². The lowest BCUT2D eigenvalue weighted by atomic mass is 10.1. The number of hydrogen-bond acceptors (Lipinski definition) is 8. The number of rotatable bonds is 5. The van der Waals surface area contributed by atoms with Gasteiger partial charge >= 0.3 is 0 Å². The molecule has 0 saturated heterocycles. The second kappa shape index (κ2) is 7.02. The number of benzene rings is 1. The van der Waals surface area contributed by atoms with Crippen LogP contribution in [0.1, 0.15) is 17.5 Å². The van der Waals surface area contributed by atoms with Crippen LogP contribution in [0.4, 0.5) is 5.95 Å². The van der Waals surface area contributed by atoms with Crippen molar-refractivity contribution in [2.75, 3.05) is 5.73 Å². The summed E-state index contributed by atoms with van der Waals surface area (Å²) in [4.78, 5) is 22.1. The molecule has 0 spiro atoms. The molecule has 0 bridgehead atoms. The number of halogens is 1. The maximum absolute atomic E-state index is 12.7. The minimum absolute atomic E-state index is 0.00414. The fourth-order valence-electron chi connectivity index (χ4n) is 2.80. The van der Waals surface area contributed by atoms with Gasteiger partial charge in [0.2, 0.25) is 5.95 Å². The highest BCUT2D eigenvalue weighted by Gasteiger charge is 2.16. The first-order valence-electron chi connectivity index (χ1n) is 8.30. The number of aryl methyl sites for hydroxylation is 1. The van der Waals surface area contributed by atoms with E-state index in [2.05, 4.69) is 25.4 Å². The van der Waals surface area contributed by atoms with E-state index in [1.807, 2.05) is 0 Å². The molecule has 0 saturated carbocycles. The summed E-state index contributed by atoms with van der Waals surface area (Å²) >= 11 is 5.85. The van der Waals surface area contributed by atoms with Gasteiger partial charge in [0, 0.05) is 12.1 Å². The van der Waals surface area contributed by atoms with Gasteiger partial charge in [-0.05, 0) is 22.9 Å². The Bertz CT molecular complexity index is 1200. The number of fused-ring (bicyclic) bond motifs is 1. The molecule has 4 rings (SSSR count). The van der Waals surface area contributed by atoms with Gasteiger partial charge in [0.1, 0.15) is 6.10 Å². The third-order valence-corrected chi connectivity index (χ3v) is 4.50. The standard InChI is InChI=1S/C16H16ClN9O2/c1-24-8-19-14-13(24)15(28)25(16(18)20-14)7-12-21-23-26(22-12)6-11(27)9-2-4-10(17)5-3-9/h2-5,8,11,27H,6-7H2,1H3,(H2,18,20)/t11-/m0/s1. The molecule has 3 heterocycles. The van der Waals surface area contributed by atoms with Gasteiger partial charge in [0.25, 0.3) is 5.56 Å². The number of nitrogen functional groups attached to an aromatic ring is 1. The molecule has 144 valence electrons. The van der Waals surface area contributed by atoms with E-state index in [-0.39, 0.29) is 36.1 Å². The van der Waals surface area contributed by atoms with Crippen LogP contribution in [0.3, 0.4) is 0 Å². The Kier molecular flexibility index (Phi) is 4.53. The van der Waals surface area contributed by atoms with E-state index in [9.17, 15) is 9.90 Å². The van der Waals surface area contributed by atoms with Crippen LogP contribution in [0.5, 0.6) is 0 Å². The summed E-state index contributed by atoms with van der Waals surface area (Å²) in [7, 11) is 1.70. The molecule has 1 atom stereocenters. The number of aliphatic hydroxyl groups excluding tert-OH is 1. The molecule has 1 aromatic carbocycles. The summed E-state index contributed by atoms with van der Waals surface area (Å²) in [6, 6.07) is 6.83. The van der Waals surface area contributed by atoms with Crippen LogP contribution in [0.2, 0.25) is 5.02 Å². The lowest BCUT2D eigenvalue weighted by Crippen LogP contribution is -2.26. The maximum atomic E-state index is 12.7. The molecule has 0 aliphatic heterocycles. The van der Waals surface area contributed by atoms with E-state index >= 15 is 0 Å². The molecule has 3 N–H and O–H groups in total. The Hall–Kier alpha value is -3.31. The van der Waals surface area contributed by atoms with Crippen molar-refractivity contribution in [1.29, 1.82) is 0 Å². The predicted molar refractivity (Wildman–Crippen MR) is 101 cm³/mol. The molecular formula is C16H16ClN9O2. The van der Waals surface area contributed by atoms with Crippen LogP contribution in [-0.4, -0.2) is 44.4 Å². The Morgan fingerprint density at radius 3 is 2.79 bits per heavy atom. The van der Waals surface area contributed by atoms with Crippen molar-refractivity contribution in [1.82, 2.24) is 39.3 Å². The largest absolute Gasteiger partial charge is 0.386 e. The Balaban J connectivity index is 1.55. The fourth-order valence-corrected chi connectivity index (χ4v) is 2.93. The SMILES string of the molecule is Cn1cnc2nc(N)n(Cc3nnn(C[C@H](O)c4ccc(Cl)cc4)n3)c(=O)c21. The van der Waals surface area contributed by atoms with Crippen molar-refractivity contribution >= 4 is 28.7 Å². The fraction of sp³-hybridized carbons (Fsp3) is 0.250. The predicted octanol–water partition coefficient (Wildman–Crippen LogP) is 0.134. The quantitative estimate of drug-likeness (QED) is 0.480. The Morgan fingerprint density at radius 2 is 2.04 bits per heavy atom. The highest BCUT2D eigenvalue weighted by molar-refractivity contribution is 6.30. The number of anilines is 1. The molecule has 11 nitrogen and oxygen atoms in total. The molecule has 28 heavy (non-hydrogen) atoms. The van der Waals surface area contributed by atoms with Crippen LogP contribution in [0, 0.1) is 0 Å². The van der Waals surface area contributed by atoms with E-state index in [1.165, 1.54) is 15.7 Å². The van der Waals surface area contributed by atoms with Gasteiger partial charge in [-0.15, -0.1) is 10.2 Å². The highest BCUT2D eigenvalue weighted by atomic mass is 35.5. The van der Waals surface area contributed by atoms with Crippen LogP contribution in [0.25, 0.3) is 11.2 Å². The van der Waals surface area contributed by atoms with Gasteiger partial charge in [-0.2, -0.15) is 9.78 Å². The van der Waals surface area contributed by atoms with Gasteiger partial charge in [-0.1, -0.05) is 23.7 Å². The van der Waals surface area contributed by atoms with E-state index in [1.54, 1.807) is 35.9 Å². The summed E-state index contributed by atoms with van der Waals surface area (Å²) in [6.07, 6.45) is 0.662. The normalized spacial score (nSPS) is 12.5. The number of aliphatic hydroxyl groups is 1. The van der Waals surface area contributed by atoms with Gasteiger partial charge in [0.15, 0.2) is 17.0 Å². The average molecular weight is 402 g/mol. The monoisotopic (exact) mass is 401 g/mol. The summed E-state index contributed by atoms with van der Waals surface area (Å²) in [5.41, 5.74) is 6.83. The second-order valence-electron chi connectivity index (χ2n) is 6.22. The van der Waals surface area contributed by atoms with E-state index in [0.717, 1.165) is 0 Å². The number of nitrogens with two attached hydrogens (primary N) is 1. The summed E-state index contributed by atoms with van der Waals surface area (Å²) < 4.78 is 2.83. The number of tetrazole rings is 1. The zero-order valence-electron chi connectivity index (χ0n) is 14.8. The van der Waals surface area contributed by atoms with E-state index in [4.69, 9.17) is 17.3 Å². The zero-order valence-corrected chi connectivity index (χ0v) is 15.5. The number of hydrogen-bond donors (Lipinski definition) is 2. The first-order valence-corrected chi connectivity index (χ1v) is 8.67. The topological polar surface area (TPSA) is 143 Å². The molecular weight excluding hydrogens is 386 g/mol. The smallest absolute Gasteiger partial charge is 0.281 e. The van der Waals surface area contributed by atoms with Crippen LogP contribution < -0.4 is 11.3 Å². The minimum Gasteiger partial charge on any atom is -0.386 e. The van der Waals surface area contributed by atoms with Gasteiger partial charge < -0.3 is 15.4 Å². The van der Waals surface area contributed by atoms with Crippen molar-refractivity contribution in [3.63, 3.8) is 0 Å². The third kappa shape index (κ3) is 3.32. The van der Waals surface area contributed by atoms with Crippen molar-refractivity contribution < 1.29 is 5.11 Å². The van der Waals surface area contributed by atoms with Crippen molar-refractivity contribution in [3.8, 4) is 0 Å². The number of aromatic nitrogens is 8. The number of nitrogens with zero attached hydrogens (tertiary/aromatic N) is 8. The third-order valence-electron chi connectivity index (χ3n) is 4.25. The molecule has 0 amide bonds. The second-order valence-corrected chi connectivity index (χ2v) is 6.65. The molecule has 3 aromatic heterocycles. The Labute approximate surface area is 163 Å². The summed E-state index contributed by atoms with van der Waals surface area (Å²) in [5.74, 6) is 0.272. The molecule has 0 aliphatic carbocycles. The van der Waals surface area contributed by atoms with Crippen molar-refractivity contribution in [3.05, 3.63) is 57.4 Å². The van der Waals surface area contributed by atoms with Crippen LogP contribution in [-0.2, 0) is 20.1 Å². The Morgan fingerprint density at radius 1 is 1.29 bits per heavy atom. The van der Waals surface area contributed by atoms with Crippen molar-refractivity contribution in [2.45, 2.75) is 19.2 Å². The maximum Gasteiger partial charge on any atom is 0.281 e. The van der Waals surface area contributed by atoms with Crippen molar-refractivity contribution in [2.24, 2.45) is 7.05 Å². The van der Waals surface area contributed by atoms with Gasteiger partial charge in [-0.3, -0.25) is 9.36 Å². The molecule has 4 aromatic rings. The molecule has 0 aliphatic rings. The molecule has 0 radical (unpaired) electrons.